The molecular weight excluding hydrogens is 342 g/mol. The Morgan fingerprint density at radius 2 is 1.93 bits per heavy atom. The zero-order chi connectivity index (χ0) is 19.2. The van der Waals surface area contributed by atoms with Crippen LogP contribution in [0.25, 0.3) is 5.65 Å². The Morgan fingerprint density at radius 1 is 1.15 bits per heavy atom. The van der Waals surface area contributed by atoms with Crippen molar-refractivity contribution in [2.24, 2.45) is 5.92 Å². The van der Waals surface area contributed by atoms with Crippen LogP contribution in [0.3, 0.4) is 0 Å². The largest absolute Gasteiger partial charge is 0.459 e. The van der Waals surface area contributed by atoms with Crippen LogP contribution >= 0.6 is 0 Å². The van der Waals surface area contributed by atoms with Crippen LogP contribution in [0.2, 0.25) is 0 Å². The number of hydrogen-bond donors (Lipinski definition) is 1. The van der Waals surface area contributed by atoms with Crippen molar-refractivity contribution in [2.45, 2.75) is 32.9 Å². The Morgan fingerprint density at radius 3 is 2.67 bits per heavy atom. The van der Waals surface area contributed by atoms with Crippen molar-refractivity contribution in [3.63, 3.8) is 0 Å². The molecule has 1 atom stereocenters. The summed E-state index contributed by atoms with van der Waals surface area (Å²) in [6.07, 6.45) is 5.64. The number of carbonyl (C=O) groups is 2. The first-order valence-electron chi connectivity index (χ1n) is 8.97. The molecule has 0 saturated heterocycles. The van der Waals surface area contributed by atoms with Gasteiger partial charge in [-0.25, -0.2) is 9.78 Å². The van der Waals surface area contributed by atoms with Gasteiger partial charge in [-0.1, -0.05) is 44.2 Å². The first-order valence-corrected chi connectivity index (χ1v) is 8.97. The molecule has 3 aromatic rings. The van der Waals surface area contributed by atoms with E-state index < -0.39 is 12.0 Å². The number of esters is 1. The number of imidazole rings is 1. The van der Waals surface area contributed by atoms with Gasteiger partial charge >= 0.3 is 5.97 Å². The van der Waals surface area contributed by atoms with Crippen LogP contribution < -0.4 is 5.32 Å². The van der Waals surface area contributed by atoms with E-state index >= 15 is 0 Å². The lowest BCUT2D eigenvalue weighted by Gasteiger charge is -2.19. The summed E-state index contributed by atoms with van der Waals surface area (Å²) in [5, 5.41) is 2.81. The summed E-state index contributed by atoms with van der Waals surface area (Å²) in [5.74, 6) is -0.506. The zero-order valence-corrected chi connectivity index (χ0v) is 15.5. The van der Waals surface area contributed by atoms with Crippen molar-refractivity contribution >= 4 is 17.5 Å². The number of amides is 1. The number of nitrogens with one attached hydrogen (secondary N) is 1. The second kappa shape index (κ2) is 8.49. The van der Waals surface area contributed by atoms with E-state index in [0.717, 1.165) is 11.2 Å². The lowest BCUT2D eigenvalue weighted by molar-refractivity contribution is -0.147. The van der Waals surface area contributed by atoms with Crippen LogP contribution in [-0.4, -0.2) is 27.3 Å². The van der Waals surface area contributed by atoms with Crippen molar-refractivity contribution in [3.05, 3.63) is 72.2 Å². The zero-order valence-electron chi connectivity index (χ0n) is 15.5. The molecule has 1 aromatic carbocycles. The Labute approximate surface area is 158 Å². The summed E-state index contributed by atoms with van der Waals surface area (Å²) in [4.78, 5) is 29.3. The molecule has 0 bridgehead atoms. The molecule has 140 valence electrons. The lowest BCUT2D eigenvalue weighted by Crippen LogP contribution is -2.42. The summed E-state index contributed by atoms with van der Waals surface area (Å²) in [6.45, 7) is 4.19. The van der Waals surface area contributed by atoms with E-state index in [4.69, 9.17) is 4.74 Å². The van der Waals surface area contributed by atoms with Crippen LogP contribution in [0.4, 0.5) is 0 Å². The first-order chi connectivity index (χ1) is 13.0. The second-order valence-corrected chi connectivity index (χ2v) is 6.86. The van der Waals surface area contributed by atoms with E-state index in [2.05, 4.69) is 10.3 Å². The number of carbonyl (C=O) groups excluding carboxylic acids is 2. The number of fused-ring (bicyclic) bond motifs is 1. The molecule has 3 rings (SSSR count). The fraction of sp³-hybridized carbons (Fsp3) is 0.286. The highest BCUT2D eigenvalue weighted by Crippen LogP contribution is 2.11. The van der Waals surface area contributed by atoms with Crippen molar-refractivity contribution in [1.29, 1.82) is 0 Å². The summed E-state index contributed by atoms with van der Waals surface area (Å²) < 4.78 is 7.18. The van der Waals surface area contributed by atoms with Crippen LogP contribution in [0, 0.1) is 5.92 Å². The average Bonchev–Trinajstić information content (AvgIpc) is 3.13. The Kier molecular flexibility index (Phi) is 5.86. The van der Waals surface area contributed by atoms with Gasteiger partial charge in [-0.2, -0.15) is 0 Å². The first kappa shape index (κ1) is 18.6. The molecule has 1 amide bonds. The minimum atomic E-state index is -0.695. The molecule has 0 unspecified atom stereocenters. The predicted octanol–water partition coefficient (Wildman–Crippen LogP) is 3.22. The number of hydrogen-bond acceptors (Lipinski definition) is 4. The summed E-state index contributed by atoms with van der Waals surface area (Å²) in [5.41, 5.74) is 2.13. The predicted molar refractivity (Wildman–Crippen MR) is 102 cm³/mol. The maximum absolute atomic E-state index is 12.6. The van der Waals surface area contributed by atoms with Gasteiger partial charge in [0.05, 0.1) is 5.56 Å². The molecule has 0 radical (unpaired) electrons. The van der Waals surface area contributed by atoms with Gasteiger partial charge in [-0.15, -0.1) is 0 Å². The molecule has 2 aromatic heterocycles. The number of aromatic nitrogens is 2. The minimum absolute atomic E-state index is 0.186. The minimum Gasteiger partial charge on any atom is -0.459 e. The molecule has 27 heavy (non-hydrogen) atoms. The number of rotatable bonds is 7. The molecule has 0 fully saturated rings. The van der Waals surface area contributed by atoms with Crippen molar-refractivity contribution in [3.8, 4) is 0 Å². The van der Waals surface area contributed by atoms with Crippen molar-refractivity contribution in [1.82, 2.24) is 14.7 Å². The highest BCUT2D eigenvalue weighted by Gasteiger charge is 2.24. The summed E-state index contributed by atoms with van der Waals surface area (Å²) in [6, 6.07) is 12.2. The van der Waals surface area contributed by atoms with Gasteiger partial charge in [-0.3, -0.25) is 4.79 Å². The standard InChI is InChI=1S/C21H23N3O3/c1-15(2)12-18(21(26)27-14-16-6-4-3-5-7-16)23-20(25)17-8-9-19-22-10-11-24(19)13-17/h3-11,13,15,18H,12,14H2,1-2H3,(H,23,25)/t18-/m0/s1. The van der Waals surface area contributed by atoms with Crippen LogP contribution in [0.15, 0.2) is 61.1 Å². The van der Waals surface area contributed by atoms with E-state index in [1.165, 1.54) is 0 Å². The molecule has 2 heterocycles. The molecule has 0 spiro atoms. The van der Waals surface area contributed by atoms with Gasteiger partial charge in [0.15, 0.2) is 0 Å². The molecule has 0 aliphatic rings. The molecule has 6 nitrogen and oxygen atoms in total. The number of nitrogens with zero attached hydrogens (tertiary/aromatic N) is 2. The molecule has 1 N–H and O–H groups in total. The number of benzene rings is 1. The highest BCUT2D eigenvalue weighted by atomic mass is 16.5. The molecule has 0 saturated carbocycles. The van der Waals surface area contributed by atoms with E-state index in [0.29, 0.717) is 12.0 Å². The van der Waals surface area contributed by atoms with E-state index in [1.807, 2.05) is 44.2 Å². The average molecular weight is 365 g/mol. The van der Waals surface area contributed by atoms with Crippen LogP contribution in [0.1, 0.15) is 36.2 Å². The molecular formula is C21H23N3O3. The third-order valence-corrected chi connectivity index (χ3v) is 4.17. The Balaban J connectivity index is 1.67. The maximum atomic E-state index is 12.6. The maximum Gasteiger partial charge on any atom is 0.328 e. The fourth-order valence-electron chi connectivity index (χ4n) is 2.81. The van der Waals surface area contributed by atoms with Crippen molar-refractivity contribution < 1.29 is 14.3 Å². The normalized spacial score (nSPS) is 12.1. The van der Waals surface area contributed by atoms with Crippen molar-refractivity contribution in [2.75, 3.05) is 0 Å². The van der Waals surface area contributed by atoms with E-state index in [9.17, 15) is 9.59 Å². The molecule has 0 aliphatic heterocycles. The molecule has 6 heteroatoms. The Bertz CT molecular complexity index is 919. The quantitative estimate of drug-likeness (QED) is 0.653. The van der Waals surface area contributed by atoms with Crippen LogP contribution in [-0.2, 0) is 16.1 Å². The Hall–Kier alpha value is -3.15. The summed E-state index contributed by atoms with van der Waals surface area (Å²) >= 11 is 0. The van der Waals surface area contributed by atoms with Gasteiger partial charge in [0, 0.05) is 18.6 Å². The van der Waals surface area contributed by atoms with Crippen LogP contribution in [0.5, 0.6) is 0 Å². The fourth-order valence-corrected chi connectivity index (χ4v) is 2.81. The lowest BCUT2D eigenvalue weighted by atomic mass is 10.0. The van der Waals surface area contributed by atoms with E-state index in [1.54, 1.807) is 35.1 Å². The third kappa shape index (κ3) is 4.94. The van der Waals surface area contributed by atoms with Gasteiger partial charge in [0.2, 0.25) is 0 Å². The van der Waals surface area contributed by atoms with Gasteiger partial charge < -0.3 is 14.5 Å². The third-order valence-electron chi connectivity index (χ3n) is 4.17. The molecule has 0 aliphatic carbocycles. The number of pyridine rings is 1. The smallest absolute Gasteiger partial charge is 0.328 e. The SMILES string of the molecule is CC(C)C[C@H](NC(=O)c1ccc2nccn2c1)C(=O)OCc1ccccc1. The summed E-state index contributed by atoms with van der Waals surface area (Å²) in [7, 11) is 0. The van der Waals surface area contributed by atoms with Gasteiger partial charge in [0.25, 0.3) is 5.91 Å². The second-order valence-electron chi connectivity index (χ2n) is 6.86. The topological polar surface area (TPSA) is 72.7 Å². The monoisotopic (exact) mass is 365 g/mol. The van der Waals surface area contributed by atoms with E-state index in [-0.39, 0.29) is 18.4 Å². The van der Waals surface area contributed by atoms with Gasteiger partial charge in [0.1, 0.15) is 18.3 Å². The number of ether oxygens (including phenoxy) is 1. The highest BCUT2D eigenvalue weighted by molar-refractivity contribution is 5.96. The van der Waals surface area contributed by atoms with Gasteiger partial charge in [-0.05, 0) is 30.0 Å².